The first-order valence-electron chi connectivity index (χ1n) is 13.7. The number of benzene rings is 3. The van der Waals surface area contributed by atoms with Crippen molar-refractivity contribution in [3.05, 3.63) is 107 Å². The molecule has 9 heteroatoms. The van der Waals surface area contributed by atoms with Gasteiger partial charge in [-0.05, 0) is 37.1 Å². The predicted octanol–water partition coefficient (Wildman–Crippen LogP) is 3.15. The van der Waals surface area contributed by atoms with Gasteiger partial charge >= 0.3 is 5.97 Å². The van der Waals surface area contributed by atoms with Gasteiger partial charge in [-0.15, -0.1) is 0 Å². The number of nitrogens with zero attached hydrogens (tertiary/aromatic N) is 2. The molecule has 214 valence electrons. The van der Waals surface area contributed by atoms with E-state index in [9.17, 15) is 14.4 Å². The molecule has 2 amide bonds. The lowest BCUT2D eigenvalue weighted by molar-refractivity contribution is -0.147. The SMILES string of the molecule is CC(C)(NC(=O)c1ccc(C(=N)N)cc1)C(C(=O)N1CCN(CC(=O)OCc2ccccc2)CC1)c1ccccc1. The predicted molar refractivity (Wildman–Crippen MR) is 157 cm³/mol. The van der Waals surface area contributed by atoms with E-state index in [1.807, 2.05) is 79.4 Å². The summed E-state index contributed by atoms with van der Waals surface area (Å²) >= 11 is 0. The molecule has 1 atom stereocenters. The van der Waals surface area contributed by atoms with E-state index < -0.39 is 11.5 Å². The van der Waals surface area contributed by atoms with Crippen molar-refractivity contribution < 1.29 is 19.1 Å². The number of nitrogens with one attached hydrogen (secondary N) is 2. The number of carbonyl (C=O) groups excluding carboxylic acids is 3. The maximum atomic E-state index is 14.0. The van der Waals surface area contributed by atoms with Gasteiger partial charge in [-0.25, -0.2) is 0 Å². The largest absolute Gasteiger partial charge is 0.460 e. The Bertz CT molecular complexity index is 1350. The third-order valence-electron chi connectivity index (χ3n) is 7.27. The van der Waals surface area contributed by atoms with E-state index in [-0.39, 0.29) is 36.8 Å². The molecular weight excluding hydrogens is 518 g/mol. The van der Waals surface area contributed by atoms with Crippen LogP contribution in [0.3, 0.4) is 0 Å². The molecular formula is C32H37N5O4. The van der Waals surface area contributed by atoms with Gasteiger partial charge in [0.05, 0.1) is 18.0 Å². The van der Waals surface area contributed by atoms with Crippen LogP contribution in [0.1, 0.15) is 46.8 Å². The molecule has 1 unspecified atom stereocenters. The van der Waals surface area contributed by atoms with E-state index in [1.54, 1.807) is 29.2 Å². The summed E-state index contributed by atoms with van der Waals surface area (Å²) in [4.78, 5) is 43.4. The number of piperazine rings is 1. The first kappa shape index (κ1) is 29.5. The molecule has 41 heavy (non-hydrogen) atoms. The van der Waals surface area contributed by atoms with Crippen LogP contribution in [0.4, 0.5) is 0 Å². The smallest absolute Gasteiger partial charge is 0.320 e. The second-order valence-electron chi connectivity index (χ2n) is 10.8. The highest BCUT2D eigenvalue weighted by molar-refractivity contribution is 5.99. The first-order valence-corrected chi connectivity index (χ1v) is 13.7. The van der Waals surface area contributed by atoms with Gasteiger partial charge in [0.2, 0.25) is 5.91 Å². The maximum absolute atomic E-state index is 14.0. The summed E-state index contributed by atoms with van der Waals surface area (Å²) in [6.45, 7) is 6.12. The van der Waals surface area contributed by atoms with Crippen LogP contribution < -0.4 is 11.1 Å². The van der Waals surface area contributed by atoms with Gasteiger partial charge in [-0.2, -0.15) is 0 Å². The van der Waals surface area contributed by atoms with Crippen molar-refractivity contribution in [3.8, 4) is 0 Å². The molecule has 0 spiro atoms. The van der Waals surface area contributed by atoms with Crippen molar-refractivity contribution in [2.24, 2.45) is 5.73 Å². The molecule has 1 heterocycles. The van der Waals surface area contributed by atoms with Gasteiger partial charge in [0.15, 0.2) is 0 Å². The fourth-order valence-electron chi connectivity index (χ4n) is 5.03. The fourth-order valence-corrected chi connectivity index (χ4v) is 5.03. The van der Waals surface area contributed by atoms with Crippen molar-refractivity contribution in [2.75, 3.05) is 32.7 Å². The molecule has 1 saturated heterocycles. The van der Waals surface area contributed by atoms with Crippen LogP contribution >= 0.6 is 0 Å². The number of hydrogen-bond acceptors (Lipinski definition) is 6. The molecule has 1 aliphatic heterocycles. The van der Waals surface area contributed by atoms with Crippen LogP contribution in [0.2, 0.25) is 0 Å². The van der Waals surface area contributed by atoms with Gasteiger partial charge < -0.3 is 20.7 Å². The minimum atomic E-state index is -0.923. The zero-order chi connectivity index (χ0) is 29.4. The van der Waals surface area contributed by atoms with Crippen LogP contribution in [0, 0.1) is 5.41 Å². The molecule has 3 aromatic carbocycles. The Balaban J connectivity index is 1.40. The monoisotopic (exact) mass is 555 g/mol. The Hall–Kier alpha value is -4.50. The number of nitrogen functional groups attached to an aromatic ring is 1. The van der Waals surface area contributed by atoms with Gasteiger partial charge in [0, 0.05) is 37.3 Å². The Morgan fingerprint density at radius 1 is 0.878 bits per heavy atom. The van der Waals surface area contributed by atoms with Crippen molar-refractivity contribution >= 4 is 23.6 Å². The molecule has 0 aromatic heterocycles. The molecule has 9 nitrogen and oxygen atoms in total. The average molecular weight is 556 g/mol. The second-order valence-corrected chi connectivity index (χ2v) is 10.8. The minimum absolute atomic E-state index is 0.0730. The van der Waals surface area contributed by atoms with Crippen LogP contribution in [0.25, 0.3) is 0 Å². The highest BCUT2D eigenvalue weighted by Gasteiger charge is 2.40. The van der Waals surface area contributed by atoms with E-state index in [4.69, 9.17) is 15.9 Å². The minimum Gasteiger partial charge on any atom is -0.460 e. The Kier molecular flexibility index (Phi) is 9.52. The highest BCUT2D eigenvalue weighted by atomic mass is 16.5. The van der Waals surface area contributed by atoms with E-state index >= 15 is 0 Å². The molecule has 1 fully saturated rings. The number of esters is 1. The molecule has 3 aromatic rings. The molecule has 4 rings (SSSR count). The summed E-state index contributed by atoms with van der Waals surface area (Å²) < 4.78 is 5.42. The van der Waals surface area contributed by atoms with E-state index in [0.717, 1.165) is 11.1 Å². The standard InChI is InChI=1S/C32H37N5O4/c1-32(2,35-30(39)26-15-13-25(14-16-26)29(33)34)28(24-11-7-4-8-12-24)31(40)37-19-17-36(18-20-37)21-27(38)41-22-23-9-5-3-6-10-23/h3-16,28H,17-22H2,1-2H3,(H3,33,34)(H,35,39). The normalized spacial score (nSPS) is 14.6. The van der Waals surface area contributed by atoms with Crippen molar-refractivity contribution in [1.82, 2.24) is 15.1 Å². The van der Waals surface area contributed by atoms with Gasteiger partial charge in [0.1, 0.15) is 12.4 Å². The van der Waals surface area contributed by atoms with Crippen molar-refractivity contribution in [2.45, 2.75) is 31.9 Å². The summed E-state index contributed by atoms with van der Waals surface area (Å²) in [5, 5.41) is 10.6. The van der Waals surface area contributed by atoms with E-state index in [0.29, 0.717) is 37.3 Å². The third kappa shape index (κ3) is 7.79. The van der Waals surface area contributed by atoms with Crippen molar-refractivity contribution in [3.63, 3.8) is 0 Å². The lowest BCUT2D eigenvalue weighted by Crippen LogP contribution is -2.57. The van der Waals surface area contributed by atoms with Crippen molar-refractivity contribution in [1.29, 1.82) is 5.41 Å². The van der Waals surface area contributed by atoms with Gasteiger partial charge in [0.25, 0.3) is 5.91 Å². The lowest BCUT2D eigenvalue weighted by atomic mass is 9.80. The summed E-state index contributed by atoms with van der Waals surface area (Å²) in [5.41, 5.74) is 7.29. The molecule has 0 bridgehead atoms. The Morgan fingerprint density at radius 2 is 1.44 bits per heavy atom. The first-order chi connectivity index (χ1) is 19.6. The summed E-state index contributed by atoms with van der Waals surface area (Å²) in [6.07, 6.45) is 0. The number of amidine groups is 1. The van der Waals surface area contributed by atoms with Crippen LogP contribution in [0.15, 0.2) is 84.9 Å². The zero-order valence-electron chi connectivity index (χ0n) is 23.5. The molecule has 0 saturated carbocycles. The Labute approximate surface area is 240 Å². The summed E-state index contributed by atoms with van der Waals surface area (Å²) in [7, 11) is 0. The number of carbonyl (C=O) groups is 3. The quantitative estimate of drug-likeness (QED) is 0.200. The number of amides is 2. The Morgan fingerprint density at radius 3 is 2.02 bits per heavy atom. The van der Waals surface area contributed by atoms with Crippen LogP contribution in [-0.2, 0) is 20.9 Å². The van der Waals surface area contributed by atoms with E-state index in [2.05, 4.69) is 5.32 Å². The molecule has 0 radical (unpaired) electrons. The van der Waals surface area contributed by atoms with Crippen LogP contribution in [-0.4, -0.2) is 71.7 Å². The summed E-state index contributed by atoms with van der Waals surface area (Å²) in [5.74, 6) is -1.41. The molecule has 0 aliphatic carbocycles. The maximum Gasteiger partial charge on any atom is 0.320 e. The highest BCUT2D eigenvalue weighted by Crippen LogP contribution is 2.31. The van der Waals surface area contributed by atoms with Gasteiger partial charge in [-0.1, -0.05) is 72.8 Å². The number of rotatable bonds is 10. The number of hydrogen-bond donors (Lipinski definition) is 3. The fraction of sp³-hybridized carbons (Fsp3) is 0.312. The van der Waals surface area contributed by atoms with E-state index in [1.165, 1.54) is 0 Å². The van der Waals surface area contributed by atoms with Gasteiger partial charge in [-0.3, -0.25) is 24.7 Å². The zero-order valence-corrected chi connectivity index (χ0v) is 23.5. The molecule has 1 aliphatic rings. The average Bonchev–Trinajstić information content (AvgIpc) is 2.97. The lowest BCUT2D eigenvalue weighted by Gasteiger charge is -2.41. The number of nitrogens with two attached hydrogens (primary N) is 1. The molecule has 4 N–H and O–H groups in total. The number of ether oxygens (including phenoxy) is 1. The topological polar surface area (TPSA) is 129 Å². The second kappa shape index (κ2) is 13.2. The van der Waals surface area contributed by atoms with Crippen LogP contribution in [0.5, 0.6) is 0 Å². The third-order valence-corrected chi connectivity index (χ3v) is 7.27. The summed E-state index contributed by atoms with van der Waals surface area (Å²) in [6, 6.07) is 25.5.